The lowest BCUT2D eigenvalue weighted by Gasteiger charge is -2.29. The lowest BCUT2D eigenvalue weighted by molar-refractivity contribution is 0.264. The van der Waals surface area contributed by atoms with Crippen LogP contribution in [0.4, 0.5) is 0 Å². The molecule has 1 aliphatic rings. The van der Waals surface area contributed by atoms with Gasteiger partial charge >= 0.3 is 0 Å². The van der Waals surface area contributed by atoms with Crippen molar-refractivity contribution in [2.45, 2.75) is 26.2 Å². The molecule has 1 unspecified atom stereocenters. The van der Waals surface area contributed by atoms with Gasteiger partial charge in [-0.2, -0.15) is 0 Å². The van der Waals surface area contributed by atoms with Crippen molar-refractivity contribution in [2.24, 2.45) is 11.3 Å². The molecule has 3 heteroatoms. The van der Waals surface area contributed by atoms with E-state index < -0.39 is 0 Å². The maximum Gasteiger partial charge on any atom is 0.0314 e. The van der Waals surface area contributed by atoms with Gasteiger partial charge < -0.3 is 5.32 Å². The van der Waals surface area contributed by atoms with Gasteiger partial charge in [-0.05, 0) is 65.0 Å². The molecule has 15 heavy (non-hydrogen) atoms. The van der Waals surface area contributed by atoms with Crippen molar-refractivity contribution in [2.75, 3.05) is 13.6 Å². The number of rotatable bonds is 5. The first-order valence-corrected chi connectivity index (χ1v) is 7.19. The molecule has 1 atom stereocenters. The molecule has 1 heterocycles. The van der Waals surface area contributed by atoms with E-state index in [0.717, 1.165) is 12.5 Å². The molecule has 1 saturated carbocycles. The minimum Gasteiger partial charge on any atom is -0.319 e. The number of hydrogen-bond acceptors (Lipinski definition) is 2. The molecule has 1 N–H and O–H groups in total. The summed E-state index contributed by atoms with van der Waals surface area (Å²) in [6.45, 7) is 3.55. The fourth-order valence-corrected chi connectivity index (χ4v) is 4.04. The maximum atomic E-state index is 3.63. The average Bonchev–Trinajstić information content (AvgIpc) is 2.95. The summed E-state index contributed by atoms with van der Waals surface area (Å²) in [4.78, 5) is 1.50. The molecule has 84 valence electrons. The van der Waals surface area contributed by atoms with Crippen LogP contribution in [0.25, 0.3) is 0 Å². The van der Waals surface area contributed by atoms with Gasteiger partial charge in [0.1, 0.15) is 0 Å². The van der Waals surface area contributed by atoms with Gasteiger partial charge in [-0.3, -0.25) is 0 Å². The fourth-order valence-electron chi connectivity index (χ4n) is 2.35. The van der Waals surface area contributed by atoms with Gasteiger partial charge in [-0.25, -0.2) is 0 Å². The van der Waals surface area contributed by atoms with Crippen molar-refractivity contribution in [3.05, 3.63) is 20.8 Å². The third kappa shape index (κ3) is 2.63. The van der Waals surface area contributed by atoms with Crippen LogP contribution in [0.5, 0.6) is 0 Å². The summed E-state index contributed by atoms with van der Waals surface area (Å²) in [5.41, 5.74) is 0.447. The van der Waals surface area contributed by atoms with Crippen molar-refractivity contribution in [3.63, 3.8) is 0 Å². The van der Waals surface area contributed by atoms with Crippen LogP contribution in [-0.4, -0.2) is 13.6 Å². The molecule has 0 aromatic carbocycles. The van der Waals surface area contributed by atoms with Crippen LogP contribution in [0, 0.1) is 11.3 Å². The fraction of sp³-hybridized carbons (Fsp3) is 0.667. The van der Waals surface area contributed by atoms with Crippen molar-refractivity contribution in [3.8, 4) is 0 Å². The Labute approximate surface area is 104 Å². The van der Waals surface area contributed by atoms with E-state index in [1.54, 1.807) is 0 Å². The third-order valence-corrected chi connectivity index (χ3v) is 5.33. The first-order valence-electron chi connectivity index (χ1n) is 5.52. The minimum atomic E-state index is 0.447. The second-order valence-corrected chi connectivity index (χ2v) is 6.68. The van der Waals surface area contributed by atoms with Gasteiger partial charge in [-0.15, -0.1) is 11.3 Å². The second-order valence-electron chi connectivity index (χ2n) is 4.83. The SMILES string of the molecule is CNCC(C)(Cc1sccc1Br)C1CC1. The van der Waals surface area contributed by atoms with E-state index in [9.17, 15) is 0 Å². The molecule has 1 aliphatic carbocycles. The summed E-state index contributed by atoms with van der Waals surface area (Å²) in [5.74, 6) is 0.930. The Morgan fingerprint density at radius 3 is 2.80 bits per heavy atom. The van der Waals surface area contributed by atoms with Gasteiger partial charge in [0.15, 0.2) is 0 Å². The van der Waals surface area contributed by atoms with Gasteiger partial charge in [0.05, 0.1) is 0 Å². The summed E-state index contributed by atoms with van der Waals surface area (Å²) in [6.07, 6.45) is 4.04. The normalized spacial score (nSPS) is 20.2. The zero-order chi connectivity index (χ0) is 10.9. The molecule has 1 aromatic heterocycles. The topological polar surface area (TPSA) is 12.0 Å². The second kappa shape index (κ2) is 4.56. The van der Waals surface area contributed by atoms with Gasteiger partial charge in [-0.1, -0.05) is 6.92 Å². The third-order valence-electron chi connectivity index (χ3n) is 3.40. The molecule has 0 aliphatic heterocycles. The zero-order valence-electron chi connectivity index (χ0n) is 9.35. The van der Waals surface area contributed by atoms with E-state index in [1.807, 2.05) is 11.3 Å². The Bertz CT molecular complexity index is 332. The number of halogens is 1. The molecule has 0 spiro atoms. The summed E-state index contributed by atoms with van der Waals surface area (Å²) < 4.78 is 1.29. The van der Waals surface area contributed by atoms with Crippen molar-refractivity contribution < 1.29 is 0 Å². The number of nitrogens with one attached hydrogen (secondary N) is 1. The lowest BCUT2D eigenvalue weighted by Crippen LogP contribution is -2.33. The molecule has 2 rings (SSSR count). The van der Waals surface area contributed by atoms with Crippen LogP contribution in [0.1, 0.15) is 24.6 Å². The molecule has 1 aromatic rings. The minimum absolute atomic E-state index is 0.447. The highest BCUT2D eigenvalue weighted by Crippen LogP contribution is 2.48. The van der Waals surface area contributed by atoms with Gasteiger partial charge in [0.2, 0.25) is 0 Å². The Morgan fingerprint density at radius 1 is 1.60 bits per heavy atom. The van der Waals surface area contributed by atoms with Crippen LogP contribution in [0.15, 0.2) is 15.9 Å². The molecule has 1 fully saturated rings. The van der Waals surface area contributed by atoms with Crippen molar-refractivity contribution >= 4 is 27.3 Å². The molecule has 0 amide bonds. The van der Waals surface area contributed by atoms with Crippen LogP contribution in [0.2, 0.25) is 0 Å². The Balaban J connectivity index is 2.09. The summed E-state index contributed by atoms with van der Waals surface area (Å²) in [6, 6.07) is 2.16. The van der Waals surface area contributed by atoms with Crippen molar-refractivity contribution in [1.82, 2.24) is 5.32 Å². The maximum absolute atomic E-state index is 3.63. The lowest BCUT2D eigenvalue weighted by atomic mass is 9.81. The smallest absolute Gasteiger partial charge is 0.0314 e. The van der Waals surface area contributed by atoms with Crippen LogP contribution >= 0.6 is 27.3 Å². The van der Waals surface area contributed by atoms with Crippen LogP contribution < -0.4 is 5.32 Å². The van der Waals surface area contributed by atoms with Crippen LogP contribution in [-0.2, 0) is 6.42 Å². The monoisotopic (exact) mass is 287 g/mol. The Morgan fingerprint density at radius 2 is 2.33 bits per heavy atom. The predicted octanol–water partition coefficient (Wildman–Crippen LogP) is 3.69. The van der Waals surface area contributed by atoms with Crippen LogP contribution in [0.3, 0.4) is 0 Å². The summed E-state index contributed by atoms with van der Waals surface area (Å²) in [5, 5.41) is 5.52. The highest BCUT2D eigenvalue weighted by molar-refractivity contribution is 9.10. The van der Waals surface area contributed by atoms with E-state index in [0.29, 0.717) is 5.41 Å². The molecule has 0 radical (unpaired) electrons. The zero-order valence-corrected chi connectivity index (χ0v) is 11.7. The standard InChI is InChI=1S/C12H18BrNS/c1-12(8-14-2,9-3-4-9)7-11-10(13)5-6-15-11/h5-6,9,14H,3-4,7-8H2,1-2H3. The molecular formula is C12H18BrNS. The largest absolute Gasteiger partial charge is 0.319 e. The Hall–Kier alpha value is 0.140. The van der Waals surface area contributed by atoms with E-state index >= 15 is 0 Å². The van der Waals surface area contributed by atoms with E-state index in [-0.39, 0.29) is 0 Å². The quantitative estimate of drug-likeness (QED) is 0.871. The Kier molecular flexibility index (Phi) is 3.53. The van der Waals surface area contributed by atoms with E-state index in [4.69, 9.17) is 0 Å². The highest BCUT2D eigenvalue weighted by Gasteiger charge is 2.41. The van der Waals surface area contributed by atoms with Gasteiger partial charge in [0, 0.05) is 15.9 Å². The van der Waals surface area contributed by atoms with E-state index in [1.165, 1.54) is 28.6 Å². The van der Waals surface area contributed by atoms with E-state index in [2.05, 4.69) is 46.7 Å². The summed E-state index contributed by atoms with van der Waals surface area (Å²) >= 11 is 5.50. The highest BCUT2D eigenvalue weighted by atomic mass is 79.9. The number of thiophene rings is 1. The number of hydrogen-bond donors (Lipinski definition) is 1. The molecule has 0 saturated heterocycles. The van der Waals surface area contributed by atoms with Crippen molar-refractivity contribution in [1.29, 1.82) is 0 Å². The molecular weight excluding hydrogens is 270 g/mol. The average molecular weight is 288 g/mol. The first kappa shape index (κ1) is 11.6. The first-order chi connectivity index (χ1) is 7.15. The molecule has 0 bridgehead atoms. The molecule has 1 nitrogen and oxygen atoms in total. The van der Waals surface area contributed by atoms with Gasteiger partial charge in [0.25, 0.3) is 0 Å². The summed E-state index contributed by atoms with van der Waals surface area (Å²) in [7, 11) is 2.06. The predicted molar refractivity (Wildman–Crippen MR) is 70.5 cm³/mol.